The smallest absolute Gasteiger partial charge is 0.337 e. The maximum atomic E-state index is 11.6. The number of hydrogen-bond donors (Lipinski definition) is 1. The van der Waals surface area contributed by atoms with Gasteiger partial charge in [-0.15, -0.1) is 0 Å². The number of nitrogens with zero attached hydrogens (tertiary/aromatic N) is 1. The number of carbonyl (C=O) groups is 1. The van der Waals surface area contributed by atoms with Gasteiger partial charge < -0.3 is 9.67 Å². The molecule has 0 aliphatic carbocycles. The predicted octanol–water partition coefficient (Wildman–Crippen LogP) is 1.86. The van der Waals surface area contributed by atoms with Crippen LogP contribution in [0.15, 0.2) is 23.1 Å². The van der Waals surface area contributed by atoms with Crippen molar-refractivity contribution in [3.05, 3.63) is 34.2 Å². The summed E-state index contributed by atoms with van der Waals surface area (Å²) in [5.41, 5.74) is 0.00468. The lowest BCUT2D eigenvalue weighted by Gasteiger charge is -2.17. The van der Waals surface area contributed by atoms with E-state index in [9.17, 15) is 9.59 Å². The zero-order valence-electron chi connectivity index (χ0n) is 9.34. The maximum absolute atomic E-state index is 11.6. The Balaban J connectivity index is 3.14. The summed E-state index contributed by atoms with van der Waals surface area (Å²) >= 11 is 1.64. The second-order valence-corrected chi connectivity index (χ2v) is 4.40. The maximum Gasteiger partial charge on any atom is 0.337 e. The summed E-state index contributed by atoms with van der Waals surface area (Å²) in [4.78, 5) is 22.4. The van der Waals surface area contributed by atoms with Crippen LogP contribution in [0.4, 0.5) is 0 Å². The molecule has 1 heterocycles. The van der Waals surface area contributed by atoms with E-state index >= 15 is 0 Å². The molecule has 0 spiro atoms. The standard InChI is InChI=1S/C11H15NO3S/c1-3-9(7-16-2)12-6-8(11(14)15)4-5-10(12)13/h4-6,9H,3,7H2,1-2H3,(H,14,15). The van der Waals surface area contributed by atoms with E-state index in [2.05, 4.69) is 0 Å². The lowest BCUT2D eigenvalue weighted by atomic mass is 10.2. The highest BCUT2D eigenvalue weighted by Gasteiger charge is 2.12. The molecule has 1 aromatic rings. The molecule has 0 aliphatic heterocycles. The van der Waals surface area contributed by atoms with Gasteiger partial charge in [0, 0.05) is 24.1 Å². The SMILES string of the molecule is CCC(CSC)n1cc(C(=O)O)ccc1=O. The third-order valence-electron chi connectivity index (χ3n) is 2.41. The molecule has 0 saturated carbocycles. The van der Waals surface area contributed by atoms with Crippen molar-refractivity contribution in [2.24, 2.45) is 0 Å². The summed E-state index contributed by atoms with van der Waals surface area (Å²) in [6.07, 6.45) is 4.20. The summed E-state index contributed by atoms with van der Waals surface area (Å²) < 4.78 is 1.51. The van der Waals surface area contributed by atoms with Crippen molar-refractivity contribution >= 4 is 17.7 Å². The zero-order chi connectivity index (χ0) is 12.1. The first-order valence-electron chi connectivity index (χ1n) is 5.04. The summed E-state index contributed by atoms with van der Waals surface area (Å²) in [5, 5.41) is 8.86. The van der Waals surface area contributed by atoms with Crippen LogP contribution in [0.5, 0.6) is 0 Å². The number of hydrogen-bond acceptors (Lipinski definition) is 3. The Morgan fingerprint density at radius 2 is 2.25 bits per heavy atom. The summed E-state index contributed by atoms with van der Waals surface area (Å²) in [6.45, 7) is 1.99. The van der Waals surface area contributed by atoms with Gasteiger partial charge in [0.05, 0.1) is 5.56 Å². The van der Waals surface area contributed by atoms with Crippen LogP contribution in [-0.2, 0) is 0 Å². The highest BCUT2D eigenvalue weighted by atomic mass is 32.2. The van der Waals surface area contributed by atoms with Crippen molar-refractivity contribution in [1.29, 1.82) is 0 Å². The molecule has 0 radical (unpaired) electrons. The first-order valence-corrected chi connectivity index (χ1v) is 6.44. The molecule has 1 rings (SSSR count). The van der Waals surface area contributed by atoms with Gasteiger partial charge in [0.15, 0.2) is 0 Å². The molecule has 16 heavy (non-hydrogen) atoms. The van der Waals surface area contributed by atoms with Crippen molar-refractivity contribution in [2.45, 2.75) is 19.4 Å². The fraction of sp³-hybridized carbons (Fsp3) is 0.455. The van der Waals surface area contributed by atoms with Gasteiger partial charge in [-0.2, -0.15) is 11.8 Å². The van der Waals surface area contributed by atoms with Gasteiger partial charge >= 0.3 is 5.97 Å². The van der Waals surface area contributed by atoms with E-state index in [1.54, 1.807) is 11.8 Å². The van der Waals surface area contributed by atoms with Crippen LogP contribution in [0.25, 0.3) is 0 Å². The highest BCUT2D eigenvalue weighted by Crippen LogP contribution is 2.14. The molecule has 5 heteroatoms. The second-order valence-electron chi connectivity index (χ2n) is 3.49. The number of thioether (sulfide) groups is 1. The minimum Gasteiger partial charge on any atom is -0.478 e. The normalized spacial score (nSPS) is 12.4. The van der Waals surface area contributed by atoms with Gasteiger partial charge in [-0.05, 0) is 18.7 Å². The minimum absolute atomic E-state index is 0.0572. The van der Waals surface area contributed by atoms with E-state index in [-0.39, 0.29) is 17.2 Å². The van der Waals surface area contributed by atoms with Crippen molar-refractivity contribution in [3.8, 4) is 0 Å². The summed E-state index contributed by atoms with van der Waals surface area (Å²) in [5.74, 6) is -0.202. The molecule has 0 aliphatic rings. The third-order valence-corrected chi connectivity index (χ3v) is 3.13. The Morgan fingerprint density at radius 1 is 1.56 bits per heavy atom. The molecule has 1 aromatic heterocycles. The molecule has 0 fully saturated rings. The first-order chi connectivity index (χ1) is 7.60. The van der Waals surface area contributed by atoms with E-state index in [1.165, 1.54) is 22.9 Å². The van der Waals surface area contributed by atoms with Crippen LogP contribution in [0.1, 0.15) is 29.7 Å². The average molecular weight is 241 g/mol. The molecule has 1 unspecified atom stereocenters. The Hall–Kier alpha value is -1.23. The molecule has 0 amide bonds. The molecular formula is C11H15NO3S. The number of rotatable bonds is 5. The summed E-state index contributed by atoms with van der Waals surface area (Å²) in [7, 11) is 0. The number of carboxylic acids is 1. The van der Waals surface area contributed by atoms with E-state index in [0.29, 0.717) is 0 Å². The van der Waals surface area contributed by atoms with Crippen molar-refractivity contribution < 1.29 is 9.90 Å². The summed E-state index contributed by atoms with van der Waals surface area (Å²) in [6, 6.07) is 2.71. The molecule has 0 saturated heterocycles. The Labute approximate surface area is 98.3 Å². The van der Waals surface area contributed by atoms with Gasteiger partial charge in [0.25, 0.3) is 5.56 Å². The largest absolute Gasteiger partial charge is 0.478 e. The van der Waals surface area contributed by atoms with Crippen LogP contribution in [-0.4, -0.2) is 27.7 Å². The van der Waals surface area contributed by atoms with Gasteiger partial charge in [0.1, 0.15) is 0 Å². The molecular weight excluding hydrogens is 226 g/mol. The topological polar surface area (TPSA) is 59.3 Å². The van der Waals surface area contributed by atoms with Gasteiger partial charge in [-0.1, -0.05) is 6.92 Å². The van der Waals surface area contributed by atoms with Gasteiger partial charge in [-0.25, -0.2) is 4.79 Å². The zero-order valence-corrected chi connectivity index (χ0v) is 10.2. The Kier molecular flexibility index (Phi) is 4.61. The minimum atomic E-state index is -1.01. The van der Waals surface area contributed by atoms with Gasteiger partial charge in [0.2, 0.25) is 0 Å². The monoisotopic (exact) mass is 241 g/mol. The number of aromatic carboxylic acids is 1. The number of carboxylic acid groups (broad SMARTS) is 1. The molecule has 0 bridgehead atoms. The molecule has 0 aromatic carbocycles. The van der Waals surface area contributed by atoms with Crippen molar-refractivity contribution in [3.63, 3.8) is 0 Å². The van der Waals surface area contributed by atoms with Crippen LogP contribution in [0, 0.1) is 0 Å². The molecule has 4 nitrogen and oxygen atoms in total. The fourth-order valence-electron chi connectivity index (χ4n) is 1.50. The average Bonchev–Trinajstić information content (AvgIpc) is 2.26. The van der Waals surface area contributed by atoms with Crippen molar-refractivity contribution in [2.75, 3.05) is 12.0 Å². The third kappa shape index (κ3) is 2.88. The predicted molar refractivity (Wildman–Crippen MR) is 65.4 cm³/mol. The van der Waals surface area contributed by atoms with Crippen LogP contribution in [0.2, 0.25) is 0 Å². The highest BCUT2D eigenvalue weighted by molar-refractivity contribution is 7.98. The molecule has 88 valence electrons. The van der Waals surface area contributed by atoms with E-state index in [4.69, 9.17) is 5.11 Å². The van der Waals surface area contributed by atoms with E-state index in [1.807, 2.05) is 13.2 Å². The van der Waals surface area contributed by atoms with Crippen LogP contribution < -0.4 is 5.56 Å². The molecule has 1 atom stereocenters. The van der Waals surface area contributed by atoms with E-state index in [0.717, 1.165) is 12.2 Å². The lowest BCUT2D eigenvalue weighted by Crippen LogP contribution is -2.25. The second kappa shape index (κ2) is 5.75. The quantitative estimate of drug-likeness (QED) is 0.854. The van der Waals surface area contributed by atoms with Crippen molar-refractivity contribution in [1.82, 2.24) is 4.57 Å². The Bertz CT molecular complexity index is 427. The van der Waals surface area contributed by atoms with E-state index < -0.39 is 5.97 Å². The number of pyridine rings is 1. The van der Waals surface area contributed by atoms with Gasteiger partial charge in [-0.3, -0.25) is 4.79 Å². The first kappa shape index (κ1) is 12.8. The molecule has 1 N–H and O–H groups in total. The van der Waals surface area contributed by atoms with Crippen LogP contribution >= 0.6 is 11.8 Å². The fourth-order valence-corrected chi connectivity index (χ4v) is 2.28. The van der Waals surface area contributed by atoms with Crippen LogP contribution in [0.3, 0.4) is 0 Å². The number of aromatic nitrogens is 1. The lowest BCUT2D eigenvalue weighted by molar-refractivity contribution is 0.0695. The Morgan fingerprint density at radius 3 is 2.75 bits per heavy atom.